The maximum absolute atomic E-state index is 6.07. The zero-order valence-corrected chi connectivity index (χ0v) is 16.6. The fourth-order valence-electron chi connectivity index (χ4n) is 3.39. The molecule has 4 rings (SSSR count). The number of fused-ring (bicyclic) bond motifs is 1. The lowest BCUT2D eigenvalue weighted by Crippen LogP contribution is -2.37. The number of morpholine rings is 1. The van der Waals surface area contributed by atoms with Gasteiger partial charge in [0.25, 0.3) is 0 Å². The van der Waals surface area contributed by atoms with Gasteiger partial charge in [0.15, 0.2) is 11.5 Å². The van der Waals surface area contributed by atoms with Gasteiger partial charge < -0.3 is 19.5 Å². The van der Waals surface area contributed by atoms with E-state index in [-0.39, 0.29) is 0 Å². The van der Waals surface area contributed by atoms with Crippen molar-refractivity contribution in [3.63, 3.8) is 0 Å². The van der Waals surface area contributed by atoms with Crippen LogP contribution in [0.25, 0.3) is 10.9 Å². The zero-order valence-electron chi connectivity index (χ0n) is 16.6. The fraction of sp³-hybridized carbons (Fsp3) is 0.364. The van der Waals surface area contributed by atoms with E-state index in [1.54, 1.807) is 13.4 Å². The van der Waals surface area contributed by atoms with Crippen LogP contribution in [-0.4, -0.2) is 61.4 Å². The molecule has 2 heterocycles. The van der Waals surface area contributed by atoms with Crippen molar-refractivity contribution in [2.24, 2.45) is 0 Å². The Hall–Kier alpha value is -2.90. The second-order valence-electron chi connectivity index (χ2n) is 6.89. The van der Waals surface area contributed by atoms with Crippen molar-refractivity contribution in [3.8, 4) is 11.5 Å². The van der Waals surface area contributed by atoms with Gasteiger partial charge in [-0.05, 0) is 24.6 Å². The molecule has 0 saturated carbocycles. The van der Waals surface area contributed by atoms with Crippen LogP contribution in [0.1, 0.15) is 6.42 Å². The first-order valence-corrected chi connectivity index (χ1v) is 9.91. The summed E-state index contributed by atoms with van der Waals surface area (Å²) in [6.07, 6.45) is 2.50. The van der Waals surface area contributed by atoms with E-state index >= 15 is 0 Å². The number of hydrogen-bond donors (Lipinski definition) is 1. The third kappa shape index (κ3) is 4.93. The van der Waals surface area contributed by atoms with Crippen LogP contribution < -0.4 is 14.8 Å². The molecule has 1 aliphatic heterocycles. The molecule has 1 saturated heterocycles. The van der Waals surface area contributed by atoms with Gasteiger partial charge in [-0.25, -0.2) is 9.97 Å². The Kier molecular flexibility index (Phi) is 6.38. The Morgan fingerprint density at radius 2 is 1.90 bits per heavy atom. The number of aromatic nitrogens is 2. The smallest absolute Gasteiger partial charge is 0.162 e. The maximum atomic E-state index is 6.07. The third-order valence-electron chi connectivity index (χ3n) is 4.94. The highest BCUT2D eigenvalue weighted by Gasteiger charge is 2.13. The number of ether oxygens (including phenoxy) is 3. The van der Waals surface area contributed by atoms with Crippen molar-refractivity contribution in [3.05, 3.63) is 48.8 Å². The molecule has 0 amide bonds. The quantitative estimate of drug-likeness (QED) is 0.587. The monoisotopic (exact) mass is 394 g/mol. The molecule has 2 aromatic carbocycles. The molecule has 7 nitrogen and oxygen atoms in total. The maximum Gasteiger partial charge on any atom is 0.162 e. The Balaban J connectivity index is 1.49. The van der Waals surface area contributed by atoms with Crippen molar-refractivity contribution >= 4 is 22.4 Å². The van der Waals surface area contributed by atoms with E-state index in [9.17, 15) is 0 Å². The third-order valence-corrected chi connectivity index (χ3v) is 4.94. The van der Waals surface area contributed by atoms with Gasteiger partial charge in [0.05, 0.1) is 32.4 Å². The van der Waals surface area contributed by atoms with E-state index in [2.05, 4.69) is 20.2 Å². The van der Waals surface area contributed by atoms with E-state index in [1.165, 1.54) is 0 Å². The average Bonchev–Trinajstić information content (AvgIpc) is 2.78. The number of benzene rings is 2. The Morgan fingerprint density at radius 3 is 2.69 bits per heavy atom. The summed E-state index contributed by atoms with van der Waals surface area (Å²) < 4.78 is 17.0. The molecular formula is C22H26N4O3. The molecule has 0 aliphatic carbocycles. The molecule has 29 heavy (non-hydrogen) atoms. The first-order chi connectivity index (χ1) is 14.3. The number of nitrogens with zero attached hydrogens (tertiary/aromatic N) is 3. The predicted octanol–water partition coefficient (Wildman–Crippen LogP) is 3.48. The molecule has 152 valence electrons. The van der Waals surface area contributed by atoms with Gasteiger partial charge in [-0.1, -0.05) is 18.2 Å². The van der Waals surface area contributed by atoms with Crippen LogP contribution in [-0.2, 0) is 4.74 Å². The van der Waals surface area contributed by atoms with E-state index in [0.717, 1.165) is 61.7 Å². The van der Waals surface area contributed by atoms with Crippen molar-refractivity contribution in [2.45, 2.75) is 6.42 Å². The zero-order chi connectivity index (χ0) is 19.9. The second-order valence-corrected chi connectivity index (χ2v) is 6.89. The van der Waals surface area contributed by atoms with Crippen LogP contribution in [0.3, 0.4) is 0 Å². The minimum Gasteiger partial charge on any atom is -0.493 e. The van der Waals surface area contributed by atoms with Gasteiger partial charge in [0.1, 0.15) is 12.1 Å². The molecule has 1 fully saturated rings. The fourth-order valence-corrected chi connectivity index (χ4v) is 3.39. The first-order valence-electron chi connectivity index (χ1n) is 9.91. The Labute approximate surface area is 170 Å². The van der Waals surface area contributed by atoms with Crippen molar-refractivity contribution in [2.75, 3.05) is 51.9 Å². The molecule has 0 atom stereocenters. The van der Waals surface area contributed by atoms with Crippen LogP contribution in [0.2, 0.25) is 0 Å². The molecule has 1 N–H and O–H groups in total. The summed E-state index contributed by atoms with van der Waals surface area (Å²) in [5.41, 5.74) is 1.77. The van der Waals surface area contributed by atoms with Gasteiger partial charge >= 0.3 is 0 Å². The summed E-state index contributed by atoms with van der Waals surface area (Å²) in [4.78, 5) is 11.2. The van der Waals surface area contributed by atoms with Crippen LogP contribution in [0.15, 0.2) is 48.8 Å². The largest absolute Gasteiger partial charge is 0.493 e. The molecule has 0 unspecified atom stereocenters. The molecule has 0 bridgehead atoms. The predicted molar refractivity (Wildman–Crippen MR) is 113 cm³/mol. The number of nitrogens with one attached hydrogen (secondary N) is 1. The molecule has 1 aromatic heterocycles. The summed E-state index contributed by atoms with van der Waals surface area (Å²) in [5.74, 6) is 2.11. The lowest BCUT2D eigenvalue weighted by atomic mass is 10.2. The van der Waals surface area contributed by atoms with E-state index in [1.807, 2.05) is 42.5 Å². The van der Waals surface area contributed by atoms with Crippen LogP contribution in [0, 0.1) is 0 Å². The van der Waals surface area contributed by atoms with Gasteiger partial charge in [-0.15, -0.1) is 0 Å². The van der Waals surface area contributed by atoms with Gasteiger partial charge in [-0.2, -0.15) is 0 Å². The lowest BCUT2D eigenvalue weighted by Gasteiger charge is -2.26. The van der Waals surface area contributed by atoms with Crippen molar-refractivity contribution < 1.29 is 14.2 Å². The number of para-hydroxylation sites is 1. The molecule has 1 aliphatic rings. The number of anilines is 2. The lowest BCUT2D eigenvalue weighted by molar-refractivity contribution is 0.0357. The Bertz CT molecular complexity index is 930. The van der Waals surface area contributed by atoms with Crippen molar-refractivity contribution in [1.82, 2.24) is 14.9 Å². The second kappa shape index (κ2) is 9.54. The highest BCUT2D eigenvalue weighted by molar-refractivity contribution is 5.93. The molecule has 3 aromatic rings. The topological polar surface area (TPSA) is 68.7 Å². The SMILES string of the molecule is COc1cc2ncnc(Nc3ccccc3)c2cc1OCCCN1CCOCC1. The van der Waals surface area contributed by atoms with Gasteiger partial charge in [-0.3, -0.25) is 4.90 Å². The number of methoxy groups -OCH3 is 1. The molecule has 0 radical (unpaired) electrons. The minimum atomic E-state index is 0.619. The van der Waals surface area contributed by atoms with Gasteiger partial charge in [0.2, 0.25) is 0 Å². The summed E-state index contributed by atoms with van der Waals surface area (Å²) in [6.45, 7) is 5.24. The van der Waals surface area contributed by atoms with Crippen LogP contribution in [0.5, 0.6) is 11.5 Å². The molecular weight excluding hydrogens is 368 g/mol. The van der Waals surface area contributed by atoms with E-state index in [0.29, 0.717) is 18.1 Å². The average molecular weight is 394 g/mol. The summed E-state index contributed by atoms with van der Waals surface area (Å²) >= 11 is 0. The van der Waals surface area contributed by atoms with Crippen LogP contribution >= 0.6 is 0 Å². The highest BCUT2D eigenvalue weighted by atomic mass is 16.5. The van der Waals surface area contributed by atoms with Crippen LogP contribution in [0.4, 0.5) is 11.5 Å². The molecule has 7 heteroatoms. The normalized spacial score (nSPS) is 14.7. The standard InChI is InChI=1S/C22H26N4O3/c1-27-20-15-19-18(22(24-16-23-19)25-17-6-3-2-4-7-17)14-21(20)29-11-5-8-26-9-12-28-13-10-26/h2-4,6-7,14-16H,5,8-13H2,1H3,(H,23,24,25). The summed E-state index contributed by atoms with van der Waals surface area (Å²) in [5, 5.41) is 4.25. The summed E-state index contributed by atoms with van der Waals surface area (Å²) in [6, 6.07) is 13.8. The summed E-state index contributed by atoms with van der Waals surface area (Å²) in [7, 11) is 1.64. The Morgan fingerprint density at radius 1 is 1.07 bits per heavy atom. The van der Waals surface area contributed by atoms with Crippen molar-refractivity contribution in [1.29, 1.82) is 0 Å². The van der Waals surface area contributed by atoms with E-state index in [4.69, 9.17) is 14.2 Å². The minimum absolute atomic E-state index is 0.619. The van der Waals surface area contributed by atoms with Gasteiger partial charge in [0, 0.05) is 36.8 Å². The number of hydrogen-bond acceptors (Lipinski definition) is 7. The van der Waals surface area contributed by atoms with E-state index < -0.39 is 0 Å². The number of rotatable bonds is 8. The molecule has 0 spiro atoms. The first kappa shape index (κ1) is 19.4. The highest BCUT2D eigenvalue weighted by Crippen LogP contribution is 2.34.